The molecular formula is C9H12N6O4S. The topological polar surface area (TPSA) is 163 Å². The van der Waals surface area contributed by atoms with Crippen LogP contribution in [0.2, 0.25) is 0 Å². The van der Waals surface area contributed by atoms with Crippen molar-refractivity contribution in [2.75, 3.05) is 5.75 Å². The van der Waals surface area contributed by atoms with Crippen molar-refractivity contribution < 1.29 is 19.5 Å². The monoisotopic (exact) mass is 300 g/mol. The summed E-state index contributed by atoms with van der Waals surface area (Å²) in [7, 11) is 0. The molecule has 5 N–H and O–H groups in total. The zero-order chi connectivity index (χ0) is 15.1. The molecule has 0 radical (unpaired) electrons. The largest absolute Gasteiger partial charge is 0.480 e. The maximum Gasteiger partial charge on any atom is 0.327 e. The minimum absolute atomic E-state index is 0.00555. The molecule has 2 amide bonds. The number of imidazole rings is 1. The lowest BCUT2D eigenvalue weighted by Gasteiger charge is -2.09. The van der Waals surface area contributed by atoms with Crippen LogP contribution in [0.15, 0.2) is 16.0 Å². The van der Waals surface area contributed by atoms with Crippen LogP contribution in [0.25, 0.3) is 0 Å². The number of carbonyl (C=O) groups is 3. The molecule has 0 aliphatic rings. The fourth-order valence-corrected chi connectivity index (χ4v) is 1.72. The Hall–Kier alpha value is -2.43. The van der Waals surface area contributed by atoms with Gasteiger partial charge in [0.1, 0.15) is 6.04 Å². The van der Waals surface area contributed by atoms with Gasteiger partial charge in [-0.3, -0.25) is 9.59 Å². The molecular weight excluding hydrogens is 288 g/mol. The first-order valence-corrected chi connectivity index (χ1v) is 6.22. The van der Waals surface area contributed by atoms with Gasteiger partial charge in [-0.15, -0.1) is 9.63 Å². The first kappa shape index (κ1) is 15.6. The Kier molecular flexibility index (Phi) is 5.65. The summed E-state index contributed by atoms with van der Waals surface area (Å²) in [6.45, 7) is 1.21. The molecule has 1 heterocycles. The molecule has 1 aromatic heterocycles. The molecule has 11 heteroatoms. The fourth-order valence-electron chi connectivity index (χ4n) is 1.14. The van der Waals surface area contributed by atoms with E-state index in [0.29, 0.717) is 0 Å². The van der Waals surface area contributed by atoms with Crippen LogP contribution in [0.3, 0.4) is 0 Å². The highest BCUT2D eigenvalue weighted by Crippen LogP contribution is 2.16. The van der Waals surface area contributed by atoms with Crippen LogP contribution < -0.4 is 11.1 Å². The predicted molar refractivity (Wildman–Crippen MR) is 69.3 cm³/mol. The van der Waals surface area contributed by atoms with Crippen molar-refractivity contribution in [3.05, 3.63) is 12.0 Å². The number of aliphatic carboxylic acids is 1. The number of hydrogen-bond acceptors (Lipinski definition) is 7. The highest BCUT2D eigenvalue weighted by atomic mass is 32.2. The third kappa shape index (κ3) is 4.68. The van der Waals surface area contributed by atoms with Gasteiger partial charge in [0.25, 0.3) is 5.91 Å². The Bertz CT molecular complexity index is 542. The SMILES string of the molecule is CC(=O)N[C@H](CSN=Nc1nc[nH]c1C(N)=O)C(=O)O. The van der Waals surface area contributed by atoms with Gasteiger partial charge in [0.2, 0.25) is 11.7 Å². The van der Waals surface area contributed by atoms with Crippen molar-refractivity contribution in [3.8, 4) is 0 Å². The number of aromatic amines is 1. The van der Waals surface area contributed by atoms with E-state index in [-0.39, 0.29) is 17.3 Å². The molecule has 0 spiro atoms. The number of nitrogens with one attached hydrogen (secondary N) is 2. The summed E-state index contributed by atoms with van der Waals surface area (Å²) < 4.78 is 3.62. The lowest BCUT2D eigenvalue weighted by molar-refractivity contribution is -0.140. The highest BCUT2D eigenvalue weighted by molar-refractivity contribution is 7.97. The van der Waals surface area contributed by atoms with E-state index in [1.165, 1.54) is 13.3 Å². The average molecular weight is 300 g/mol. The summed E-state index contributed by atoms with van der Waals surface area (Å²) in [4.78, 5) is 38.8. The Labute approximate surface area is 117 Å². The lowest BCUT2D eigenvalue weighted by Crippen LogP contribution is -2.41. The molecule has 20 heavy (non-hydrogen) atoms. The van der Waals surface area contributed by atoms with Crippen molar-refractivity contribution in [1.82, 2.24) is 15.3 Å². The van der Waals surface area contributed by atoms with Gasteiger partial charge < -0.3 is 21.1 Å². The number of amides is 2. The number of carboxylic acid groups (broad SMARTS) is 1. The quantitative estimate of drug-likeness (QED) is 0.403. The van der Waals surface area contributed by atoms with Crippen LogP contribution in [0.5, 0.6) is 0 Å². The number of primary amides is 1. The zero-order valence-corrected chi connectivity index (χ0v) is 11.2. The van der Waals surface area contributed by atoms with Gasteiger partial charge in [-0.2, -0.15) is 0 Å². The van der Waals surface area contributed by atoms with Crippen molar-refractivity contribution in [2.24, 2.45) is 15.4 Å². The molecule has 108 valence electrons. The Morgan fingerprint density at radius 3 is 2.85 bits per heavy atom. The Morgan fingerprint density at radius 1 is 1.60 bits per heavy atom. The maximum atomic E-state index is 11.0. The van der Waals surface area contributed by atoms with Gasteiger partial charge in [0.15, 0.2) is 5.69 Å². The van der Waals surface area contributed by atoms with E-state index >= 15 is 0 Å². The van der Waals surface area contributed by atoms with Crippen LogP contribution in [0.1, 0.15) is 17.4 Å². The first-order chi connectivity index (χ1) is 9.41. The average Bonchev–Trinajstić information content (AvgIpc) is 2.80. The molecule has 0 saturated heterocycles. The third-order valence-corrected chi connectivity index (χ3v) is 2.66. The number of hydrogen-bond donors (Lipinski definition) is 4. The Morgan fingerprint density at radius 2 is 2.30 bits per heavy atom. The number of carbonyl (C=O) groups excluding carboxylic acids is 2. The van der Waals surface area contributed by atoms with E-state index in [2.05, 4.69) is 24.9 Å². The first-order valence-electron chi connectivity index (χ1n) is 5.28. The van der Waals surface area contributed by atoms with Gasteiger partial charge in [-0.25, -0.2) is 9.78 Å². The number of nitrogens with zero attached hydrogens (tertiary/aromatic N) is 3. The van der Waals surface area contributed by atoms with Crippen molar-refractivity contribution in [1.29, 1.82) is 0 Å². The van der Waals surface area contributed by atoms with E-state index < -0.39 is 23.8 Å². The van der Waals surface area contributed by atoms with E-state index in [4.69, 9.17) is 10.8 Å². The van der Waals surface area contributed by atoms with E-state index in [1.807, 2.05) is 0 Å². The molecule has 0 bridgehead atoms. The van der Waals surface area contributed by atoms with E-state index in [9.17, 15) is 14.4 Å². The standard InChI is InChI=1S/C9H12N6O4S/c1-4(16)13-5(9(18)19)2-20-15-14-8-6(7(10)17)11-3-12-8/h3,5H,2H2,1H3,(H2,10,17)(H,11,12)(H,13,16)(H,18,19)/t5-/m1/s1. The number of aromatic nitrogens is 2. The number of carboxylic acids is 1. The summed E-state index contributed by atoms with van der Waals surface area (Å²) in [6, 6.07) is -1.08. The molecule has 0 aliphatic heterocycles. The minimum Gasteiger partial charge on any atom is -0.480 e. The molecule has 10 nitrogen and oxygen atoms in total. The smallest absolute Gasteiger partial charge is 0.327 e. The molecule has 1 aromatic rings. The van der Waals surface area contributed by atoms with Crippen molar-refractivity contribution in [2.45, 2.75) is 13.0 Å². The van der Waals surface area contributed by atoms with Gasteiger partial charge in [0, 0.05) is 24.6 Å². The second-order valence-electron chi connectivity index (χ2n) is 3.53. The van der Waals surface area contributed by atoms with Crippen LogP contribution in [0.4, 0.5) is 5.82 Å². The molecule has 1 atom stereocenters. The molecule has 0 aliphatic carbocycles. The van der Waals surface area contributed by atoms with Crippen LogP contribution in [-0.2, 0) is 9.59 Å². The number of H-pyrrole nitrogens is 1. The molecule has 1 rings (SSSR count). The third-order valence-electron chi connectivity index (χ3n) is 1.98. The summed E-state index contributed by atoms with van der Waals surface area (Å²) in [6.07, 6.45) is 1.23. The van der Waals surface area contributed by atoms with Crippen LogP contribution in [0, 0.1) is 0 Å². The minimum atomic E-state index is -1.18. The summed E-state index contributed by atoms with van der Waals surface area (Å²) >= 11 is 0.807. The fraction of sp³-hybridized carbons (Fsp3) is 0.333. The summed E-state index contributed by atoms with van der Waals surface area (Å²) in [5.41, 5.74) is 5.07. The second-order valence-corrected chi connectivity index (χ2v) is 4.29. The van der Waals surface area contributed by atoms with Crippen LogP contribution >= 0.6 is 11.9 Å². The molecule has 0 aromatic carbocycles. The van der Waals surface area contributed by atoms with Gasteiger partial charge >= 0.3 is 5.97 Å². The molecule has 0 saturated carbocycles. The Balaban J connectivity index is 2.55. The van der Waals surface area contributed by atoms with Gasteiger partial charge in [-0.1, -0.05) is 0 Å². The predicted octanol–water partition coefficient (Wildman–Crippen LogP) is -0.170. The molecule has 0 unspecified atom stereocenters. The second kappa shape index (κ2) is 7.23. The normalized spacial score (nSPS) is 12.2. The van der Waals surface area contributed by atoms with Gasteiger partial charge in [-0.05, 0) is 0 Å². The van der Waals surface area contributed by atoms with Crippen molar-refractivity contribution in [3.63, 3.8) is 0 Å². The van der Waals surface area contributed by atoms with E-state index in [1.54, 1.807) is 0 Å². The highest BCUT2D eigenvalue weighted by Gasteiger charge is 2.18. The zero-order valence-electron chi connectivity index (χ0n) is 10.4. The lowest BCUT2D eigenvalue weighted by atomic mass is 10.3. The number of nitrogens with two attached hydrogens (primary N) is 1. The summed E-state index contributed by atoms with van der Waals surface area (Å²) in [5.74, 6) is -2.38. The summed E-state index contributed by atoms with van der Waals surface area (Å²) in [5, 5.41) is 14.7. The van der Waals surface area contributed by atoms with Crippen molar-refractivity contribution >= 4 is 35.5 Å². The van der Waals surface area contributed by atoms with Crippen LogP contribution in [-0.4, -0.2) is 44.7 Å². The van der Waals surface area contributed by atoms with Gasteiger partial charge in [0.05, 0.1) is 6.33 Å². The van der Waals surface area contributed by atoms with E-state index in [0.717, 1.165) is 11.9 Å². The number of rotatable bonds is 7. The maximum absolute atomic E-state index is 11.0. The molecule has 0 fully saturated rings.